The number of pyridine rings is 1. The van der Waals surface area contributed by atoms with Gasteiger partial charge in [0.15, 0.2) is 11.6 Å². The van der Waals surface area contributed by atoms with Gasteiger partial charge in [0.2, 0.25) is 0 Å². The van der Waals surface area contributed by atoms with Gasteiger partial charge in [-0.1, -0.05) is 11.8 Å². The zero-order valence-electron chi connectivity index (χ0n) is 11.0. The summed E-state index contributed by atoms with van der Waals surface area (Å²) in [7, 11) is 0. The van der Waals surface area contributed by atoms with E-state index in [9.17, 15) is 8.78 Å². The fraction of sp³-hybridized carbons (Fsp3) is 0.143. The van der Waals surface area contributed by atoms with E-state index in [0.29, 0.717) is 21.0 Å². The number of halogens is 2. The first-order valence-electron chi connectivity index (χ1n) is 5.84. The summed E-state index contributed by atoms with van der Waals surface area (Å²) in [5.74, 6) is -1.88. The second kappa shape index (κ2) is 5.58. The minimum atomic E-state index is -0.901. The lowest BCUT2D eigenvalue weighted by molar-refractivity contribution is 0.506. The molecule has 0 spiro atoms. The molecule has 1 heterocycles. The molecular weight excluding hydrogens is 280 g/mol. The highest BCUT2D eigenvalue weighted by atomic mass is 32.2. The standard InChI is InChI=1S/C14H13F2N3S/c1-7-5-12(13(14(17)18)8(2)19-7)20-9-3-4-10(15)11(16)6-9/h3-6H,1-2H3,(H3,17,18). The Morgan fingerprint density at radius 2 is 1.90 bits per heavy atom. The van der Waals surface area contributed by atoms with Gasteiger partial charge in [-0.2, -0.15) is 0 Å². The number of aryl methyl sites for hydroxylation is 2. The van der Waals surface area contributed by atoms with Crippen molar-refractivity contribution < 1.29 is 8.78 Å². The van der Waals surface area contributed by atoms with Gasteiger partial charge >= 0.3 is 0 Å². The average molecular weight is 293 g/mol. The topological polar surface area (TPSA) is 62.8 Å². The van der Waals surface area contributed by atoms with Crippen molar-refractivity contribution in [1.82, 2.24) is 4.98 Å². The van der Waals surface area contributed by atoms with Crippen molar-refractivity contribution in [2.45, 2.75) is 23.6 Å². The quantitative estimate of drug-likeness (QED) is 0.673. The van der Waals surface area contributed by atoms with Crippen molar-refractivity contribution in [3.05, 3.63) is 52.9 Å². The molecular formula is C14H13F2N3S. The van der Waals surface area contributed by atoms with Crippen LogP contribution in [-0.4, -0.2) is 10.8 Å². The lowest BCUT2D eigenvalue weighted by Gasteiger charge is -2.11. The van der Waals surface area contributed by atoms with Gasteiger partial charge in [0.05, 0.1) is 5.56 Å². The Morgan fingerprint density at radius 1 is 1.20 bits per heavy atom. The fourth-order valence-corrected chi connectivity index (χ4v) is 3.01. The third-order valence-corrected chi connectivity index (χ3v) is 3.71. The first-order valence-corrected chi connectivity index (χ1v) is 6.65. The number of nitrogens with zero attached hydrogens (tertiary/aromatic N) is 1. The van der Waals surface area contributed by atoms with E-state index < -0.39 is 11.6 Å². The Labute approximate surface area is 119 Å². The first kappa shape index (κ1) is 14.5. The highest BCUT2D eigenvalue weighted by Crippen LogP contribution is 2.32. The minimum absolute atomic E-state index is 0.0971. The fourth-order valence-electron chi connectivity index (χ4n) is 1.87. The highest BCUT2D eigenvalue weighted by molar-refractivity contribution is 7.99. The third kappa shape index (κ3) is 2.96. The van der Waals surface area contributed by atoms with Gasteiger partial charge in [0.25, 0.3) is 0 Å². The Kier molecular flexibility index (Phi) is 4.04. The number of nitrogen functional groups attached to an aromatic ring is 1. The molecule has 0 saturated heterocycles. The van der Waals surface area contributed by atoms with Gasteiger partial charge in [-0.15, -0.1) is 0 Å². The maximum absolute atomic E-state index is 13.2. The number of aromatic nitrogens is 1. The van der Waals surface area contributed by atoms with E-state index in [1.807, 2.05) is 6.92 Å². The summed E-state index contributed by atoms with van der Waals surface area (Å²) in [4.78, 5) is 5.50. The Hall–Kier alpha value is -1.95. The number of hydrogen-bond donors (Lipinski definition) is 2. The van der Waals surface area contributed by atoms with Crippen LogP contribution >= 0.6 is 11.8 Å². The van der Waals surface area contributed by atoms with Crippen LogP contribution < -0.4 is 5.73 Å². The zero-order valence-corrected chi connectivity index (χ0v) is 11.8. The Bertz CT molecular complexity index is 686. The molecule has 2 aromatic rings. The smallest absolute Gasteiger partial charge is 0.159 e. The van der Waals surface area contributed by atoms with E-state index >= 15 is 0 Å². The Balaban J connectivity index is 2.47. The summed E-state index contributed by atoms with van der Waals surface area (Å²) in [5, 5.41) is 7.62. The molecule has 0 atom stereocenters. The summed E-state index contributed by atoms with van der Waals surface area (Å²) < 4.78 is 26.2. The maximum Gasteiger partial charge on any atom is 0.159 e. The third-order valence-electron chi connectivity index (χ3n) is 2.68. The number of amidine groups is 1. The summed E-state index contributed by atoms with van der Waals surface area (Å²) in [6, 6.07) is 5.45. The van der Waals surface area contributed by atoms with Crippen LogP contribution in [0.25, 0.3) is 0 Å². The van der Waals surface area contributed by atoms with E-state index in [2.05, 4.69) is 4.98 Å². The molecule has 2 rings (SSSR count). The lowest BCUT2D eigenvalue weighted by Crippen LogP contribution is -2.15. The van der Waals surface area contributed by atoms with Crippen molar-refractivity contribution >= 4 is 17.6 Å². The van der Waals surface area contributed by atoms with Crippen LogP contribution in [0.4, 0.5) is 8.78 Å². The predicted molar refractivity (Wildman–Crippen MR) is 75.2 cm³/mol. The molecule has 0 aliphatic rings. The number of benzene rings is 1. The molecule has 0 fully saturated rings. The normalized spacial score (nSPS) is 10.6. The van der Waals surface area contributed by atoms with Crippen LogP contribution in [-0.2, 0) is 0 Å². The van der Waals surface area contributed by atoms with Crippen molar-refractivity contribution in [3.63, 3.8) is 0 Å². The summed E-state index contributed by atoms with van der Waals surface area (Å²) in [5.41, 5.74) is 7.50. The molecule has 3 N–H and O–H groups in total. The van der Waals surface area contributed by atoms with Crippen molar-refractivity contribution in [1.29, 1.82) is 5.41 Å². The largest absolute Gasteiger partial charge is 0.384 e. The Morgan fingerprint density at radius 3 is 2.50 bits per heavy atom. The summed E-state index contributed by atoms with van der Waals surface area (Å²) in [6.45, 7) is 3.59. The van der Waals surface area contributed by atoms with Gasteiger partial charge < -0.3 is 5.73 Å². The summed E-state index contributed by atoms with van der Waals surface area (Å²) in [6.07, 6.45) is 0. The van der Waals surface area contributed by atoms with Gasteiger partial charge in [-0.05, 0) is 38.1 Å². The van der Waals surface area contributed by atoms with Crippen LogP contribution in [0.15, 0.2) is 34.1 Å². The molecule has 6 heteroatoms. The van der Waals surface area contributed by atoms with Gasteiger partial charge in [-0.3, -0.25) is 10.4 Å². The van der Waals surface area contributed by atoms with Crippen molar-refractivity contribution in [2.24, 2.45) is 5.73 Å². The number of rotatable bonds is 3. The molecule has 3 nitrogen and oxygen atoms in total. The van der Waals surface area contributed by atoms with E-state index in [1.54, 1.807) is 13.0 Å². The minimum Gasteiger partial charge on any atom is -0.384 e. The molecule has 1 aromatic carbocycles. The SMILES string of the molecule is Cc1cc(Sc2ccc(F)c(F)c2)c(C(=N)N)c(C)n1. The average Bonchev–Trinajstić information content (AvgIpc) is 2.32. The molecule has 0 bridgehead atoms. The van der Waals surface area contributed by atoms with E-state index in [-0.39, 0.29) is 5.84 Å². The van der Waals surface area contributed by atoms with Crippen LogP contribution in [0, 0.1) is 30.9 Å². The number of hydrogen-bond acceptors (Lipinski definition) is 3. The molecule has 0 radical (unpaired) electrons. The summed E-state index contributed by atoms with van der Waals surface area (Å²) >= 11 is 1.23. The monoisotopic (exact) mass is 293 g/mol. The maximum atomic E-state index is 13.2. The second-order valence-corrected chi connectivity index (χ2v) is 5.43. The lowest BCUT2D eigenvalue weighted by atomic mass is 10.1. The van der Waals surface area contributed by atoms with Crippen LogP contribution in [0.2, 0.25) is 0 Å². The first-order chi connectivity index (χ1) is 9.38. The van der Waals surface area contributed by atoms with Crippen molar-refractivity contribution in [3.8, 4) is 0 Å². The van der Waals surface area contributed by atoms with Crippen molar-refractivity contribution in [2.75, 3.05) is 0 Å². The molecule has 0 aliphatic heterocycles. The zero-order chi connectivity index (χ0) is 14.9. The highest BCUT2D eigenvalue weighted by Gasteiger charge is 2.13. The van der Waals surface area contributed by atoms with Crippen LogP contribution in [0.3, 0.4) is 0 Å². The van der Waals surface area contributed by atoms with Gasteiger partial charge in [0, 0.05) is 21.2 Å². The van der Waals surface area contributed by atoms with E-state index in [4.69, 9.17) is 11.1 Å². The van der Waals surface area contributed by atoms with Crippen LogP contribution in [0.1, 0.15) is 17.0 Å². The van der Waals surface area contributed by atoms with Gasteiger partial charge in [0.1, 0.15) is 5.84 Å². The van der Waals surface area contributed by atoms with Gasteiger partial charge in [-0.25, -0.2) is 8.78 Å². The number of nitrogens with one attached hydrogen (secondary N) is 1. The molecule has 1 aromatic heterocycles. The predicted octanol–water partition coefficient (Wildman–Crippen LogP) is 3.41. The molecule has 0 unspecified atom stereocenters. The molecule has 0 saturated carbocycles. The molecule has 0 aliphatic carbocycles. The second-order valence-electron chi connectivity index (χ2n) is 4.31. The molecule has 20 heavy (non-hydrogen) atoms. The van der Waals surface area contributed by atoms with E-state index in [1.165, 1.54) is 17.8 Å². The molecule has 104 valence electrons. The number of nitrogens with two attached hydrogens (primary N) is 1. The molecule has 0 amide bonds. The van der Waals surface area contributed by atoms with E-state index in [0.717, 1.165) is 17.8 Å². The van der Waals surface area contributed by atoms with Crippen LogP contribution in [0.5, 0.6) is 0 Å².